The topological polar surface area (TPSA) is 97.9 Å². The summed E-state index contributed by atoms with van der Waals surface area (Å²) >= 11 is 0. The van der Waals surface area contributed by atoms with Gasteiger partial charge < -0.3 is 15.4 Å². The van der Waals surface area contributed by atoms with Gasteiger partial charge in [0.05, 0.1) is 11.3 Å². The van der Waals surface area contributed by atoms with Crippen molar-refractivity contribution in [1.82, 2.24) is 5.32 Å². The molecule has 6 nitrogen and oxygen atoms in total. The molecule has 0 atom stereocenters. The van der Waals surface area contributed by atoms with Crippen LogP contribution < -0.4 is 10.6 Å². The van der Waals surface area contributed by atoms with Crippen LogP contribution in [0.5, 0.6) is 0 Å². The van der Waals surface area contributed by atoms with Crippen LogP contribution in [0.4, 0.5) is 5.69 Å². The molecular formula is C15H16N4O2. The van der Waals surface area contributed by atoms with E-state index in [4.69, 9.17) is 15.3 Å². The van der Waals surface area contributed by atoms with E-state index < -0.39 is 0 Å². The molecule has 0 bridgehead atoms. The highest BCUT2D eigenvalue weighted by molar-refractivity contribution is 5.99. The van der Waals surface area contributed by atoms with E-state index in [0.29, 0.717) is 24.4 Å². The third kappa shape index (κ3) is 5.35. The van der Waals surface area contributed by atoms with Crippen molar-refractivity contribution in [1.29, 1.82) is 10.5 Å². The lowest BCUT2D eigenvalue weighted by molar-refractivity contribution is 0.0949. The second-order valence-corrected chi connectivity index (χ2v) is 4.07. The minimum atomic E-state index is -0.224. The molecule has 1 aromatic carbocycles. The summed E-state index contributed by atoms with van der Waals surface area (Å²) < 4.78 is 4.91. The molecule has 0 aromatic heterocycles. The van der Waals surface area contributed by atoms with Gasteiger partial charge in [-0.3, -0.25) is 4.79 Å². The SMILES string of the molecule is COCCCNC(=O)c1ccccc1NC=C(C#N)C#N. The van der Waals surface area contributed by atoms with Gasteiger partial charge in [-0.05, 0) is 18.6 Å². The van der Waals surface area contributed by atoms with Crippen LogP contribution in [0, 0.1) is 22.7 Å². The van der Waals surface area contributed by atoms with Crippen molar-refractivity contribution in [3.05, 3.63) is 41.6 Å². The summed E-state index contributed by atoms with van der Waals surface area (Å²) in [6.45, 7) is 1.09. The van der Waals surface area contributed by atoms with Crippen molar-refractivity contribution in [3.63, 3.8) is 0 Å². The Morgan fingerprint density at radius 2 is 2.05 bits per heavy atom. The van der Waals surface area contributed by atoms with Crippen molar-refractivity contribution in [3.8, 4) is 12.1 Å². The third-order valence-corrected chi connectivity index (χ3v) is 2.60. The summed E-state index contributed by atoms with van der Waals surface area (Å²) in [6, 6.07) is 10.4. The fourth-order valence-corrected chi connectivity index (χ4v) is 1.56. The first-order chi connectivity index (χ1) is 10.2. The van der Waals surface area contributed by atoms with Crippen LogP contribution in [0.25, 0.3) is 0 Å². The Balaban J connectivity index is 2.75. The van der Waals surface area contributed by atoms with Gasteiger partial charge in [-0.1, -0.05) is 12.1 Å². The Kier molecular flexibility index (Phi) is 7.06. The molecular weight excluding hydrogens is 268 g/mol. The zero-order valence-electron chi connectivity index (χ0n) is 11.7. The standard InChI is InChI=1S/C15H16N4O2/c1-21-8-4-7-18-15(20)13-5-2-3-6-14(13)19-11-12(9-16)10-17/h2-3,5-6,11,19H,4,7-8H2,1H3,(H,18,20). The number of nitriles is 2. The Labute approximate surface area is 123 Å². The van der Waals surface area contributed by atoms with Crippen LogP contribution in [0.15, 0.2) is 36.0 Å². The number of amides is 1. The zero-order valence-corrected chi connectivity index (χ0v) is 11.7. The quantitative estimate of drug-likeness (QED) is 0.587. The number of anilines is 1. The second kappa shape index (κ2) is 9.13. The number of methoxy groups -OCH3 is 1. The first-order valence-corrected chi connectivity index (χ1v) is 6.36. The molecule has 0 radical (unpaired) electrons. The third-order valence-electron chi connectivity index (χ3n) is 2.60. The Bertz CT molecular complexity index is 580. The maximum Gasteiger partial charge on any atom is 0.253 e. The molecule has 0 aliphatic heterocycles. The molecule has 6 heteroatoms. The molecule has 0 fully saturated rings. The first kappa shape index (κ1) is 16.2. The molecule has 0 saturated heterocycles. The summed E-state index contributed by atoms with van der Waals surface area (Å²) in [4.78, 5) is 12.1. The molecule has 1 rings (SSSR count). The van der Waals surface area contributed by atoms with Crippen molar-refractivity contribution < 1.29 is 9.53 Å². The summed E-state index contributed by atoms with van der Waals surface area (Å²) in [5.41, 5.74) is 0.913. The van der Waals surface area contributed by atoms with Gasteiger partial charge >= 0.3 is 0 Å². The maximum atomic E-state index is 12.1. The largest absolute Gasteiger partial charge is 0.385 e. The number of para-hydroxylation sites is 1. The number of hydrogen-bond donors (Lipinski definition) is 2. The molecule has 0 spiro atoms. The number of nitrogens with one attached hydrogen (secondary N) is 2. The van der Waals surface area contributed by atoms with Crippen LogP contribution >= 0.6 is 0 Å². The maximum absolute atomic E-state index is 12.1. The van der Waals surface area contributed by atoms with Gasteiger partial charge in [0.15, 0.2) is 0 Å². The van der Waals surface area contributed by atoms with Crippen LogP contribution in [0.3, 0.4) is 0 Å². The van der Waals surface area contributed by atoms with E-state index >= 15 is 0 Å². The summed E-state index contributed by atoms with van der Waals surface area (Å²) in [5.74, 6) is -0.224. The van der Waals surface area contributed by atoms with Gasteiger partial charge in [-0.2, -0.15) is 10.5 Å². The highest BCUT2D eigenvalue weighted by Crippen LogP contribution is 2.15. The first-order valence-electron chi connectivity index (χ1n) is 6.36. The summed E-state index contributed by atoms with van der Waals surface area (Å²) in [6.07, 6.45) is 2.00. The van der Waals surface area contributed by atoms with Crippen LogP contribution in [-0.2, 0) is 4.74 Å². The van der Waals surface area contributed by atoms with E-state index in [1.54, 1.807) is 43.5 Å². The number of allylic oxidation sites excluding steroid dienone is 1. The Morgan fingerprint density at radius 1 is 1.33 bits per heavy atom. The zero-order chi connectivity index (χ0) is 15.5. The smallest absolute Gasteiger partial charge is 0.253 e. The average molecular weight is 284 g/mol. The van der Waals surface area contributed by atoms with Crippen molar-refractivity contribution in [2.24, 2.45) is 0 Å². The van der Waals surface area contributed by atoms with Gasteiger partial charge in [0.2, 0.25) is 0 Å². The van der Waals surface area contributed by atoms with Gasteiger partial charge in [0.1, 0.15) is 17.7 Å². The highest BCUT2D eigenvalue weighted by atomic mass is 16.5. The molecule has 2 N–H and O–H groups in total. The van der Waals surface area contributed by atoms with Gasteiger partial charge in [-0.25, -0.2) is 0 Å². The molecule has 0 saturated carbocycles. The van der Waals surface area contributed by atoms with E-state index in [0.717, 1.165) is 6.42 Å². The van der Waals surface area contributed by atoms with E-state index in [1.165, 1.54) is 6.20 Å². The average Bonchev–Trinajstić information content (AvgIpc) is 2.52. The summed E-state index contributed by atoms with van der Waals surface area (Å²) in [7, 11) is 1.61. The number of rotatable bonds is 7. The number of carbonyl (C=O) groups excluding carboxylic acids is 1. The number of ether oxygens (including phenoxy) is 1. The van der Waals surface area contributed by atoms with E-state index in [9.17, 15) is 4.79 Å². The van der Waals surface area contributed by atoms with Crippen LogP contribution in [0.2, 0.25) is 0 Å². The van der Waals surface area contributed by atoms with Crippen LogP contribution in [-0.4, -0.2) is 26.2 Å². The minimum absolute atomic E-state index is 0.0645. The molecule has 21 heavy (non-hydrogen) atoms. The lowest BCUT2D eigenvalue weighted by Gasteiger charge is -2.09. The molecule has 0 aliphatic rings. The predicted molar refractivity (Wildman–Crippen MR) is 78.2 cm³/mol. The predicted octanol–water partition coefficient (Wildman–Crippen LogP) is 1.80. The lowest BCUT2D eigenvalue weighted by Crippen LogP contribution is -2.25. The molecule has 0 unspecified atom stereocenters. The van der Waals surface area contributed by atoms with Crippen molar-refractivity contribution in [2.45, 2.75) is 6.42 Å². The number of carbonyl (C=O) groups is 1. The molecule has 1 aromatic rings. The van der Waals surface area contributed by atoms with Gasteiger partial charge in [-0.15, -0.1) is 0 Å². The molecule has 0 aliphatic carbocycles. The lowest BCUT2D eigenvalue weighted by atomic mass is 10.1. The number of hydrogen-bond acceptors (Lipinski definition) is 5. The Hall–Kier alpha value is -2.83. The van der Waals surface area contributed by atoms with Gasteiger partial charge in [0.25, 0.3) is 5.91 Å². The van der Waals surface area contributed by atoms with E-state index in [-0.39, 0.29) is 11.5 Å². The van der Waals surface area contributed by atoms with Crippen LogP contribution in [0.1, 0.15) is 16.8 Å². The minimum Gasteiger partial charge on any atom is -0.385 e. The van der Waals surface area contributed by atoms with Gasteiger partial charge in [0, 0.05) is 26.5 Å². The van der Waals surface area contributed by atoms with Crippen molar-refractivity contribution in [2.75, 3.05) is 25.6 Å². The second-order valence-electron chi connectivity index (χ2n) is 4.07. The number of benzene rings is 1. The fraction of sp³-hybridized carbons (Fsp3) is 0.267. The van der Waals surface area contributed by atoms with Crippen molar-refractivity contribution >= 4 is 11.6 Å². The Morgan fingerprint density at radius 3 is 2.71 bits per heavy atom. The molecule has 108 valence electrons. The highest BCUT2D eigenvalue weighted by Gasteiger charge is 2.09. The molecule has 0 heterocycles. The van der Waals surface area contributed by atoms with E-state index in [2.05, 4.69) is 10.6 Å². The number of nitrogens with zero attached hydrogens (tertiary/aromatic N) is 2. The normalized spacial score (nSPS) is 9.10. The monoisotopic (exact) mass is 284 g/mol. The van der Waals surface area contributed by atoms with E-state index in [1.807, 2.05) is 0 Å². The summed E-state index contributed by atoms with van der Waals surface area (Å²) in [5, 5.41) is 22.9. The fourth-order valence-electron chi connectivity index (χ4n) is 1.56. The molecule has 1 amide bonds.